The Balaban J connectivity index is 1.95. The summed E-state index contributed by atoms with van der Waals surface area (Å²) in [6.45, 7) is 3.26. The van der Waals surface area contributed by atoms with Gasteiger partial charge in [0.2, 0.25) is 0 Å². The van der Waals surface area contributed by atoms with Crippen LogP contribution in [0.3, 0.4) is 0 Å². The average molecular weight is 558 g/mol. The monoisotopic (exact) mass is 555 g/mol. The van der Waals surface area contributed by atoms with Crippen LogP contribution in [0.25, 0.3) is 10.9 Å². The smallest absolute Gasteiger partial charge is 0.346 e. The van der Waals surface area contributed by atoms with Crippen LogP contribution in [0.2, 0.25) is 5.02 Å². The molecule has 0 aliphatic heterocycles. The quantitative estimate of drug-likeness (QED) is 0.335. The molecule has 0 saturated heterocycles. The number of esters is 1. The number of ether oxygens (including phenoxy) is 2. The maximum absolute atomic E-state index is 12.8. The van der Waals surface area contributed by atoms with Crippen LogP contribution in [0, 0.1) is 6.92 Å². The summed E-state index contributed by atoms with van der Waals surface area (Å²) in [6.07, 6.45) is 0.664. The summed E-state index contributed by atoms with van der Waals surface area (Å²) in [4.78, 5) is 28.8. The van der Waals surface area contributed by atoms with Crippen molar-refractivity contribution in [1.82, 2.24) is 9.66 Å². The Morgan fingerprint density at radius 2 is 2.03 bits per heavy atom. The van der Waals surface area contributed by atoms with Crippen molar-refractivity contribution in [1.29, 1.82) is 0 Å². The number of rotatable bonds is 5. The normalized spacial score (nSPS) is 12.3. The fourth-order valence-corrected chi connectivity index (χ4v) is 4.00. The van der Waals surface area contributed by atoms with Crippen molar-refractivity contribution < 1.29 is 14.3 Å². The topological polar surface area (TPSA) is 82.8 Å². The predicted octanol–water partition coefficient (Wildman–Crippen LogP) is 4.71. The van der Waals surface area contributed by atoms with Crippen molar-refractivity contribution in [3.63, 3.8) is 0 Å². The van der Waals surface area contributed by atoms with Crippen LogP contribution in [-0.4, -0.2) is 35.1 Å². The van der Waals surface area contributed by atoms with Gasteiger partial charge in [-0.3, -0.25) is 4.79 Å². The largest absolute Gasteiger partial charge is 0.476 e. The van der Waals surface area contributed by atoms with Gasteiger partial charge in [-0.2, -0.15) is 9.78 Å². The second kappa shape index (κ2) is 9.28. The lowest BCUT2D eigenvalue weighted by atomic mass is 10.2. The molecule has 0 fully saturated rings. The first-order valence-corrected chi connectivity index (χ1v) is 10.6. The van der Waals surface area contributed by atoms with Gasteiger partial charge in [-0.25, -0.2) is 9.78 Å². The third-order valence-electron chi connectivity index (χ3n) is 4.14. The van der Waals surface area contributed by atoms with E-state index in [4.69, 9.17) is 16.3 Å². The number of hydrogen-bond donors (Lipinski definition) is 0. The van der Waals surface area contributed by atoms with Gasteiger partial charge in [-0.15, -0.1) is 0 Å². The molecule has 0 aliphatic carbocycles. The van der Waals surface area contributed by atoms with Crippen molar-refractivity contribution in [3.8, 4) is 5.75 Å². The van der Waals surface area contributed by atoms with E-state index in [0.29, 0.717) is 32.5 Å². The van der Waals surface area contributed by atoms with E-state index in [1.54, 1.807) is 38.1 Å². The van der Waals surface area contributed by atoms with Crippen LogP contribution < -0.4 is 10.3 Å². The predicted molar refractivity (Wildman–Crippen MR) is 123 cm³/mol. The Labute approximate surface area is 193 Å². The zero-order valence-corrected chi connectivity index (χ0v) is 20.1. The van der Waals surface area contributed by atoms with E-state index in [0.717, 1.165) is 4.47 Å². The van der Waals surface area contributed by atoms with Crippen molar-refractivity contribution in [2.75, 3.05) is 7.11 Å². The number of aromatic nitrogens is 2. The Morgan fingerprint density at radius 1 is 1.30 bits per heavy atom. The second-order valence-corrected chi connectivity index (χ2v) is 8.46. The van der Waals surface area contributed by atoms with E-state index in [9.17, 15) is 9.59 Å². The van der Waals surface area contributed by atoms with E-state index in [2.05, 4.69) is 46.7 Å². The average Bonchev–Trinajstić information content (AvgIpc) is 2.70. The molecule has 7 nitrogen and oxygen atoms in total. The van der Waals surface area contributed by atoms with E-state index in [1.807, 2.05) is 6.07 Å². The summed E-state index contributed by atoms with van der Waals surface area (Å²) in [6, 6.07) is 8.62. The number of carbonyl (C=O) groups is 1. The second-order valence-electron chi connectivity index (χ2n) is 6.28. The van der Waals surface area contributed by atoms with Crippen LogP contribution in [0.4, 0.5) is 0 Å². The van der Waals surface area contributed by atoms with E-state index in [-0.39, 0.29) is 10.6 Å². The number of fused-ring (bicyclic) bond motifs is 1. The molecular formula is C20H16Br2ClN3O4. The molecule has 156 valence electrons. The molecule has 0 bridgehead atoms. The molecule has 0 spiro atoms. The molecule has 0 aliphatic rings. The van der Waals surface area contributed by atoms with E-state index in [1.165, 1.54) is 18.0 Å². The number of hydrogen-bond acceptors (Lipinski definition) is 6. The lowest BCUT2D eigenvalue weighted by molar-refractivity contribution is -0.147. The highest BCUT2D eigenvalue weighted by molar-refractivity contribution is 9.10. The van der Waals surface area contributed by atoms with Crippen molar-refractivity contribution in [2.45, 2.75) is 20.0 Å². The maximum atomic E-state index is 12.8. The summed E-state index contributed by atoms with van der Waals surface area (Å²) < 4.78 is 12.8. The SMILES string of the molecule is COC(=O)[C@@H](C)Oc1c(Cl)cc(C=Nn2c(C)nc3ccc(Br)cc3c2=O)cc1Br. The summed E-state index contributed by atoms with van der Waals surface area (Å²) >= 11 is 13.1. The molecule has 0 radical (unpaired) electrons. The summed E-state index contributed by atoms with van der Waals surface area (Å²) in [5, 5.41) is 5.00. The van der Waals surface area contributed by atoms with Gasteiger partial charge >= 0.3 is 5.97 Å². The molecule has 1 atom stereocenters. The van der Waals surface area contributed by atoms with E-state index >= 15 is 0 Å². The molecule has 30 heavy (non-hydrogen) atoms. The third-order valence-corrected chi connectivity index (χ3v) is 5.50. The molecule has 0 amide bonds. The highest BCUT2D eigenvalue weighted by Gasteiger charge is 2.19. The number of carbonyl (C=O) groups excluding carboxylic acids is 1. The van der Waals surface area contributed by atoms with Crippen LogP contribution in [0.5, 0.6) is 5.75 Å². The highest BCUT2D eigenvalue weighted by atomic mass is 79.9. The van der Waals surface area contributed by atoms with Crippen LogP contribution in [-0.2, 0) is 9.53 Å². The molecule has 3 rings (SSSR count). The van der Waals surface area contributed by atoms with E-state index < -0.39 is 12.1 Å². The maximum Gasteiger partial charge on any atom is 0.346 e. The van der Waals surface area contributed by atoms with Gasteiger partial charge in [-0.1, -0.05) is 27.5 Å². The zero-order valence-electron chi connectivity index (χ0n) is 16.1. The fraction of sp³-hybridized carbons (Fsp3) is 0.200. The lowest BCUT2D eigenvalue weighted by Gasteiger charge is -2.15. The number of halogens is 3. The van der Waals surface area contributed by atoms with Crippen molar-refractivity contribution in [2.24, 2.45) is 5.10 Å². The van der Waals surface area contributed by atoms with Gasteiger partial charge in [0.25, 0.3) is 5.56 Å². The molecule has 2 aromatic carbocycles. The van der Waals surface area contributed by atoms with Gasteiger partial charge in [0, 0.05) is 4.47 Å². The van der Waals surface area contributed by atoms with Crippen LogP contribution in [0.1, 0.15) is 18.3 Å². The molecule has 1 aromatic heterocycles. The summed E-state index contributed by atoms with van der Waals surface area (Å²) in [5.41, 5.74) is 0.928. The van der Waals surface area contributed by atoms with Crippen molar-refractivity contribution in [3.05, 3.63) is 66.0 Å². The zero-order chi connectivity index (χ0) is 22.0. The van der Waals surface area contributed by atoms with Gasteiger partial charge in [0.1, 0.15) is 5.82 Å². The van der Waals surface area contributed by atoms with Gasteiger partial charge in [0.05, 0.1) is 33.7 Å². The first-order valence-electron chi connectivity index (χ1n) is 8.68. The third kappa shape index (κ3) is 4.74. The van der Waals surface area contributed by atoms with Gasteiger partial charge < -0.3 is 9.47 Å². The number of methoxy groups -OCH3 is 1. The van der Waals surface area contributed by atoms with Crippen molar-refractivity contribution >= 4 is 66.5 Å². The fourth-order valence-electron chi connectivity index (χ4n) is 2.68. The molecule has 10 heteroatoms. The van der Waals surface area contributed by atoms with Gasteiger partial charge in [-0.05, 0) is 65.7 Å². The summed E-state index contributed by atoms with van der Waals surface area (Å²) in [7, 11) is 1.28. The Hall–Kier alpha value is -2.23. The Kier molecular flexibility index (Phi) is 6.95. The lowest BCUT2D eigenvalue weighted by Crippen LogP contribution is -2.25. The molecule has 1 heterocycles. The van der Waals surface area contributed by atoms with Crippen LogP contribution in [0.15, 0.2) is 49.2 Å². The number of aryl methyl sites for hydroxylation is 1. The minimum atomic E-state index is -0.826. The molecule has 0 unspecified atom stereocenters. The number of nitrogens with zero attached hydrogens (tertiary/aromatic N) is 3. The Bertz CT molecular complexity index is 1200. The molecular weight excluding hydrogens is 541 g/mol. The summed E-state index contributed by atoms with van der Waals surface area (Å²) in [5.74, 6) is 0.231. The standard InChI is InChI=1S/C20H16Br2ClN3O4/c1-10(20(28)29-3)30-18-15(22)6-12(7-16(18)23)9-24-26-11(2)25-17-5-4-13(21)8-14(17)19(26)27/h4-10H,1-3H3/t10-/m1/s1. The minimum absolute atomic E-state index is 0.270. The molecule has 0 N–H and O–H groups in total. The van der Waals surface area contributed by atoms with Gasteiger partial charge in [0.15, 0.2) is 11.9 Å². The Morgan fingerprint density at radius 3 is 2.70 bits per heavy atom. The first kappa shape index (κ1) is 22.5. The molecule has 3 aromatic rings. The van der Waals surface area contributed by atoms with Crippen LogP contribution >= 0.6 is 43.5 Å². The number of benzene rings is 2. The minimum Gasteiger partial charge on any atom is -0.476 e. The molecule has 0 saturated carbocycles. The first-order chi connectivity index (χ1) is 14.2. The highest BCUT2D eigenvalue weighted by Crippen LogP contribution is 2.35.